The summed E-state index contributed by atoms with van der Waals surface area (Å²) in [5.41, 5.74) is 2.71. The highest BCUT2D eigenvalue weighted by atomic mass is 16.5. The van der Waals surface area contributed by atoms with Crippen molar-refractivity contribution in [1.29, 1.82) is 0 Å². The van der Waals surface area contributed by atoms with E-state index >= 15 is 0 Å². The summed E-state index contributed by atoms with van der Waals surface area (Å²) in [6.45, 7) is 6.01. The molecule has 146 valence electrons. The van der Waals surface area contributed by atoms with E-state index < -0.39 is 0 Å². The molecule has 1 saturated heterocycles. The maximum atomic E-state index is 12.7. The number of hydrogen-bond acceptors (Lipinski definition) is 5. The van der Waals surface area contributed by atoms with Crippen LogP contribution in [0.25, 0.3) is 0 Å². The Bertz CT molecular complexity index is 771. The molecule has 0 saturated carbocycles. The SMILES string of the molecule is Cc1ccc(OCc2cc(C(=O)N3CCC[C@@H](CCCO)C3)no2)cc1C. The molecule has 1 aliphatic heterocycles. The first-order valence-corrected chi connectivity index (χ1v) is 9.62. The van der Waals surface area contributed by atoms with Crippen LogP contribution in [-0.2, 0) is 6.61 Å². The summed E-state index contributed by atoms with van der Waals surface area (Å²) >= 11 is 0. The van der Waals surface area contributed by atoms with Crippen LogP contribution < -0.4 is 4.74 Å². The Hall–Kier alpha value is -2.34. The average molecular weight is 372 g/mol. The van der Waals surface area contributed by atoms with Gasteiger partial charge in [-0.15, -0.1) is 0 Å². The number of nitrogens with zero attached hydrogens (tertiary/aromatic N) is 2. The molecule has 1 N–H and O–H groups in total. The Labute approximate surface area is 160 Å². The number of amides is 1. The molecule has 1 aromatic heterocycles. The topological polar surface area (TPSA) is 75.8 Å². The summed E-state index contributed by atoms with van der Waals surface area (Å²) < 4.78 is 11.0. The zero-order valence-corrected chi connectivity index (χ0v) is 16.1. The Morgan fingerprint density at radius 2 is 2.19 bits per heavy atom. The first-order valence-electron chi connectivity index (χ1n) is 9.62. The Balaban J connectivity index is 1.56. The van der Waals surface area contributed by atoms with E-state index in [1.807, 2.05) is 30.0 Å². The lowest BCUT2D eigenvalue weighted by atomic mass is 9.93. The Morgan fingerprint density at radius 1 is 1.33 bits per heavy atom. The second-order valence-electron chi connectivity index (χ2n) is 7.34. The lowest BCUT2D eigenvalue weighted by Crippen LogP contribution is -2.40. The molecule has 6 heteroatoms. The third-order valence-electron chi connectivity index (χ3n) is 5.21. The lowest BCUT2D eigenvalue weighted by molar-refractivity contribution is 0.0653. The van der Waals surface area contributed by atoms with Gasteiger partial charge in [-0.3, -0.25) is 4.79 Å². The molecule has 6 nitrogen and oxygen atoms in total. The number of likely N-dealkylation sites (tertiary alicyclic amines) is 1. The quantitative estimate of drug-likeness (QED) is 0.805. The molecule has 0 spiro atoms. The molecule has 0 radical (unpaired) electrons. The van der Waals surface area contributed by atoms with Gasteiger partial charge in [0.25, 0.3) is 5.91 Å². The molecule has 0 unspecified atom stereocenters. The van der Waals surface area contributed by atoms with E-state index in [-0.39, 0.29) is 19.1 Å². The molecule has 1 aromatic carbocycles. The minimum Gasteiger partial charge on any atom is -0.486 e. The van der Waals surface area contributed by atoms with E-state index in [1.54, 1.807) is 6.07 Å². The first-order chi connectivity index (χ1) is 13.1. The van der Waals surface area contributed by atoms with Crippen LogP contribution in [0, 0.1) is 19.8 Å². The van der Waals surface area contributed by atoms with Crippen molar-refractivity contribution in [3.05, 3.63) is 46.8 Å². The average Bonchev–Trinajstić information content (AvgIpc) is 3.16. The largest absolute Gasteiger partial charge is 0.486 e. The van der Waals surface area contributed by atoms with Crippen molar-refractivity contribution in [2.24, 2.45) is 5.92 Å². The number of carbonyl (C=O) groups is 1. The lowest BCUT2D eigenvalue weighted by Gasteiger charge is -2.32. The molecule has 1 atom stereocenters. The zero-order valence-electron chi connectivity index (χ0n) is 16.1. The maximum absolute atomic E-state index is 12.7. The molecule has 0 aliphatic carbocycles. The van der Waals surface area contributed by atoms with E-state index in [1.165, 1.54) is 11.1 Å². The van der Waals surface area contributed by atoms with Crippen molar-refractivity contribution in [2.45, 2.75) is 46.1 Å². The van der Waals surface area contributed by atoms with Gasteiger partial charge >= 0.3 is 0 Å². The molecular formula is C21H28N2O4. The van der Waals surface area contributed by atoms with Gasteiger partial charge in [-0.1, -0.05) is 11.2 Å². The van der Waals surface area contributed by atoms with Crippen LogP contribution in [0.3, 0.4) is 0 Å². The molecular weight excluding hydrogens is 344 g/mol. The van der Waals surface area contributed by atoms with Gasteiger partial charge in [-0.25, -0.2) is 0 Å². The van der Waals surface area contributed by atoms with Gasteiger partial charge in [-0.2, -0.15) is 0 Å². The third kappa shape index (κ3) is 5.10. The summed E-state index contributed by atoms with van der Waals surface area (Å²) in [5, 5.41) is 12.9. The molecule has 2 aromatic rings. The predicted molar refractivity (Wildman–Crippen MR) is 102 cm³/mol. The first kappa shape index (κ1) is 19.4. The highest BCUT2D eigenvalue weighted by molar-refractivity contribution is 5.92. The van der Waals surface area contributed by atoms with Gasteiger partial charge in [0.15, 0.2) is 11.5 Å². The molecule has 1 fully saturated rings. The zero-order chi connectivity index (χ0) is 19.2. The third-order valence-corrected chi connectivity index (χ3v) is 5.21. The van der Waals surface area contributed by atoms with Crippen LogP contribution in [-0.4, -0.2) is 40.8 Å². The van der Waals surface area contributed by atoms with Gasteiger partial charge in [0.05, 0.1) is 0 Å². The van der Waals surface area contributed by atoms with Gasteiger partial charge in [0, 0.05) is 25.8 Å². The van der Waals surface area contributed by atoms with Gasteiger partial charge in [0.1, 0.15) is 12.4 Å². The van der Waals surface area contributed by atoms with E-state index in [4.69, 9.17) is 14.4 Å². The van der Waals surface area contributed by atoms with Crippen LogP contribution in [0.5, 0.6) is 5.75 Å². The van der Waals surface area contributed by atoms with E-state index in [0.29, 0.717) is 17.4 Å². The number of piperidine rings is 1. The molecule has 3 rings (SSSR count). The van der Waals surface area contributed by atoms with Gasteiger partial charge < -0.3 is 19.3 Å². The van der Waals surface area contributed by atoms with Crippen LogP contribution in [0.4, 0.5) is 0 Å². The van der Waals surface area contributed by atoms with Crippen LogP contribution in [0.15, 0.2) is 28.8 Å². The van der Waals surface area contributed by atoms with Gasteiger partial charge in [-0.05, 0) is 68.7 Å². The molecule has 0 bridgehead atoms. The second-order valence-corrected chi connectivity index (χ2v) is 7.34. The molecule has 2 heterocycles. The number of benzene rings is 1. The number of rotatable bonds is 7. The minimum absolute atomic E-state index is 0.0927. The van der Waals surface area contributed by atoms with Crippen molar-refractivity contribution in [2.75, 3.05) is 19.7 Å². The highest BCUT2D eigenvalue weighted by Crippen LogP contribution is 2.23. The van der Waals surface area contributed by atoms with Crippen LogP contribution >= 0.6 is 0 Å². The van der Waals surface area contributed by atoms with E-state index in [2.05, 4.69) is 12.1 Å². The predicted octanol–water partition coefficient (Wildman–Crippen LogP) is 3.50. The Kier molecular flexibility index (Phi) is 6.50. The summed E-state index contributed by atoms with van der Waals surface area (Å²) in [7, 11) is 0. The summed E-state index contributed by atoms with van der Waals surface area (Å²) in [6.07, 6.45) is 3.84. The fraction of sp³-hybridized carbons (Fsp3) is 0.524. The number of hydrogen-bond donors (Lipinski definition) is 1. The van der Waals surface area contributed by atoms with Crippen molar-refractivity contribution in [3.63, 3.8) is 0 Å². The normalized spacial score (nSPS) is 17.1. The van der Waals surface area contributed by atoms with Crippen molar-refractivity contribution >= 4 is 5.91 Å². The molecule has 1 aliphatic rings. The second kappa shape index (κ2) is 9.04. The fourth-order valence-corrected chi connectivity index (χ4v) is 3.47. The number of ether oxygens (including phenoxy) is 1. The monoisotopic (exact) mass is 372 g/mol. The number of aryl methyl sites for hydroxylation is 2. The standard InChI is InChI=1S/C21H28N2O4/c1-15-7-8-18(11-16(15)2)26-14-19-12-20(22-27-19)21(25)23-9-3-5-17(13-23)6-4-10-24/h7-8,11-12,17,24H,3-6,9-10,13-14H2,1-2H3/t17-/m0/s1. The highest BCUT2D eigenvalue weighted by Gasteiger charge is 2.26. The molecule has 27 heavy (non-hydrogen) atoms. The van der Waals surface area contributed by atoms with E-state index in [0.717, 1.165) is 44.5 Å². The minimum atomic E-state index is -0.0927. The van der Waals surface area contributed by atoms with Crippen LogP contribution in [0.2, 0.25) is 0 Å². The van der Waals surface area contributed by atoms with Crippen LogP contribution in [0.1, 0.15) is 53.1 Å². The van der Waals surface area contributed by atoms with Gasteiger partial charge in [0.2, 0.25) is 0 Å². The Morgan fingerprint density at radius 3 is 2.96 bits per heavy atom. The van der Waals surface area contributed by atoms with E-state index in [9.17, 15) is 4.79 Å². The molecule has 1 amide bonds. The number of carbonyl (C=O) groups excluding carboxylic acids is 1. The maximum Gasteiger partial charge on any atom is 0.276 e. The smallest absolute Gasteiger partial charge is 0.276 e. The fourth-order valence-electron chi connectivity index (χ4n) is 3.47. The summed E-state index contributed by atoms with van der Waals surface area (Å²) in [4.78, 5) is 14.5. The van der Waals surface area contributed by atoms with Crippen molar-refractivity contribution < 1.29 is 19.2 Å². The summed E-state index contributed by atoms with van der Waals surface area (Å²) in [6, 6.07) is 7.59. The number of aliphatic hydroxyl groups is 1. The van der Waals surface area contributed by atoms with Crippen molar-refractivity contribution in [1.82, 2.24) is 10.1 Å². The number of aliphatic hydroxyl groups excluding tert-OH is 1. The summed E-state index contributed by atoms with van der Waals surface area (Å²) in [5.74, 6) is 1.66. The number of aromatic nitrogens is 1. The van der Waals surface area contributed by atoms with Crippen molar-refractivity contribution in [3.8, 4) is 5.75 Å².